The number of furan rings is 1. The molecule has 0 unspecified atom stereocenters. The monoisotopic (exact) mass is 402 g/mol. The van der Waals surface area contributed by atoms with Crippen LogP contribution < -0.4 is 0 Å². The summed E-state index contributed by atoms with van der Waals surface area (Å²) in [6.45, 7) is -0.129. The molecular formula is C23H18N2O5. The van der Waals surface area contributed by atoms with Crippen molar-refractivity contribution in [3.63, 3.8) is 0 Å². The fourth-order valence-electron chi connectivity index (χ4n) is 2.92. The Morgan fingerprint density at radius 3 is 2.33 bits per heavy atom. The second-order valence-corrected chi connectivity index (χ2v) is 6.36. The fourth-order valence-corrected chi connectivity index (χ4v) is 2.92. The number of benzene rings is 2. The Morgan fingerprint density at radius 1 is 0.933 bits per heavy atom. The van der Waals surface area contributed by atoms with Gasteiger partial charge in [0, 0.05) is 5.56 Å². The minimum Gasteiger partial charge on any atom is -0.463 e. The van der Waals surface area contributed by atoms with Crippen LogP contribution in [0.25, 0.3) is 16.9 Å². The molecular weight excluding hydrogens is 384 g/mol. The molecule has 30 heavy (non-hydrogen) atoms. The summed E-state index contributed by atoms with van der Waals surface area (Å²) in [5.41, 5.74) is 2.55. The van der Waals surface area contributed by atoms with Crippen LogP contribution in [0.2, 0.25) is 0 Å². The van der Waals surface area contributed by atoms with E-state index in [1.807, 2.05) is 60.7 Å². The average molecular weight is 402 g/mol. The molecule has 2 heterocycles. The number of methoxy groups -OCH3 is 1. The summed E-state index contributed by atoms with van der Waals surface area (Å²) in [4.78, 5) is 24.3. The van der Waals surface area contributed by atoms with Gasteiger partial charge in [0.25, 0.3) is 0 Å². The lowest BCUT2D eigenvalue weighted by Crippen LogP contribution is -2.12. The molecule has 0 fully saturated rings. The van der Waals surface area contributed by atoms with Crippen molar-refractivity contribution in [1.29, 1.82) is 0 Å². The molecule has 0 radical (unpaired) electrons. The molecule has 0 spiro atoms. The Bertz CT molecular complexity index is 1160. The highest BCUT2D eigenvalue weighted by molar-refractivity contribution is 5.90. The zero-order valence-electron chi connectivity index (χ0n) is 16.1. The van der Waals surface area contributed by atoms with Gasteiger partial charge in [0.2, 0.25) is 5.76 Å². The quantitative estimate of drug-likeness (QED) is 0.448. The van der Waals surface area contributed by atoms with Crippen molar-refractivity contribution in [2.75, 3.05) is 7.11 Å². The van der Waals surface area contributed by atoms with E-state index in [2.05, 4.69) is 9.84 Å². The lowest BCUT2D eigenvalue weighted by Gasteiger charge is -2.07. The minimum atomic E-state index is -0.595. The van der Waals surface area contributed by atoms with Gasteiger partial charge < -0.3 is 13.9 Å². The van der Waals surface area contributed by atoms with E-state index in [9.17, 15) is 9.59 Å². The SMILES string of the molecule is COC(=O)c1ccc(COC(=O)c2cc(-c3ccccc3)nn2-c2ccccc2)o1. The Morgan fingerprint density at radius 2 is 1.63 bits per heavy atom. The lowest BCUT2D eigenvalue weighted by atomic mass is 10.1. The molecule has 7 nitrogen and oxygen atoms in total. The first-order chi connectivity index (χ1) is 14.7. The van der Waals surface area contributed by atoms with Crippen molar-refractivity contribution in [3.8, 4) is 16.9 Å². The molecule has 0 atom stereocenters. The van der Waals surface area contributed by atoms with Gasteiger partial charge in [-0.3, -0.25) is 0 Å². The highest BCUT2D eigenvalue weighted by atomic mass is 16.6. The normalized spacial score (nSPS) is 10.6. The molecule has 0 aliphatic carbocycles. The number of ether oxygens (including phenoxy) is 2. The van der Waals surface area contributed by atoms with Crippen LogP contribution in [0.5, 0.6) is 0 Å². The van der Waals surface area contributed by atoms with Crippen LogP contribution in [0, 0.1) is 0 Å². The van der Waals surface area contributed by atoms with Crippen LogP contribution in [0.1, 0.15) is 26.8 Å². The largest absolute Gasteiger partial charge is 0.463 e. The van der Waals surface area contributed by atoms with Crippen LogP contribution in [-0.4, -0.2) is 28.8 Å². The smallest absolute Gasteiger partial charge is 0.373 e. The van der Waals surface area contributed by atoms with Gasteiger partial charge in [-0.2, -0.15) is 5.10 Å². The molecule has 0 saturated heterocycles. The van der Waals surface area contributed by atoms with Crippen LogP contribution in [0.15, 0.2) is 83.3 Å². The predicted molar refractivity (Wildman–Crippen MR) is 108 cm³/mol. The fraction of sp³-hybridized carbons (Fsp3) is 0.0870. The number of rotatable bonds is 6. The third-order valence-electron chi connectivity index (χ3n) is 4.38. The molecule has 4 rings (SSSR count). The number of carbonyl (C=O) groups excluding carboxylic acids is 2. The van der Waals surface area contributed by atoms with Gasteiger partial charge in [0.05, 0.1) is 18.5 Å². The standard InChI is InChI=1S/C23H18N2O5/c1-28-23(27)21-13-12-18(30-21)15-29-22(26)20-14-19(16-8-4-2-5-9-16)24-25(20)17-10-6-3-7-11-17/h2-14H,15H2,1H3. The number of hydrogen-bond donors (Lipinski definition) is 0. The van der Waals surface area contributed by atoms with Crippen molar-refractivity contribution in [1.82, 2.24) is 9.78 Å². The molecule has 150 valence electrons. The summed E-state index contributed by atoms with van der Waals surface area (Å²) in [5, 5.41) is 4.60. The van der Waals surface area contributed by atoms with Gasteiger partial charge in [-0.05, 0) is 30.3 Å². The number of esters is 2. The van der Waals surface area contributed by atoms with Gasteiger partial charge in [-0.25, -0.2) is 14.3 Å². The minimum absolute atomic E-state index is 0.0456. The zero-order chi connectivity index (χ0) is 20.9. The van der Waals surface area contributed by atoms with Crippen LogP contribution in [0.3, 0.4) is 0 Å². The van der Waals surface area contributed by atoms with Crippen molar-refractivity contribution in [3.05, 3.63) is 96.1 Å². The van der Waals surface area contributed by atoms with E-state index in [0.29, 0.717) is 11.5 Å². The van der Waals surface area contributed by atoms with Crippen LogP contribution in [-0.2, 0) is 16.1 Å². The van der Waals surface area contributed by atoms with E-state index in [-0.39, 0.29) is 18.1 Å². The summed E-state index contributed by atoms with van der Waals surface area (Å²) >= 11 is 0. The maximum atomic E-state index is 12.8. The Hall–Kier alpha value is -4.13. The first-order valence-corrected chi connectivity index (χ1v) is 9.21. The summed E-state index contributed by atoms with van der Waals surface area (Å²) in [6.07, 6.45) is 0. The molecule has 0 aliphatic rings. The number of nitrogens with zero attached hydrogens (tertiary/aromatic N) is 2. The Labute approximate surface area is 172 Å². The molecule has 0 aliphatic heterocycles. The van der Waals surface area contributed by atoms with E-state index < -0.39 is 11.9 Å². The summed E-state index contributed by atoms with van der Waals surface area (Å²) in [7, 11) is 1.26. The molecule has 0 saturated carbocycles. The van der Waals surface area contributed by atoms with Crippen molar-refractivity contribution in [2.45, 2.75) is 6.61 Å². The average Bonchev–Trinajstić information content (AvgIpc) is 3.46. The second kappa shape index (κ2) is 8.48. The molecule has 2 aromatic heterocycles. The number of carbonyl (C=O) groups is 2. The van der Waals surface area contributed by atoms with Crippen molar-refractivity contribution < 1.29 is 23.5 Å². The van der Waals surface area contributed by atoms with Gasteiger partial charge in [0.1, 0.15) is 12.4 Å². The maximum absolute atomic E-state index is 12.8. The number of aromatic nitrogens is 2. The van der Waals surface area contributed by atoms with Crippen molar-refractivity contribution in [2.24, 2.45) is 0 Å². The number of hydrogen-bond acceptors (Lipinski definition) is 6. The topological polar surface area (TPSA) is 83.6 Å². The maximum Gasteiger partial charge on any atom is 0.373 e. The van der Waals surface area contributed by atoms with E-state index in [1.54, 1.807) is 16.8 Å². The lowest BCUT2D eigenvalue weighted by molar-refractivity contribution is 0.0428. The summed E-state index contributed by atoms with van der Waals surface area (Å²) < 4.78 is 16.9. The zero-order valence-corrected chi connectivity index (χ0v) is 16.1. The highest BCUT2D eigenvalue weighted by Crippen LogP contribution is 2.22. The third-order valence-corrected chi connectivity index (χ3v) is 4.38. The second-order valence-electron chi connectivity index (χ2n) is 6.36. The van der Waals surface area contributed by atoms with Gasteiger partial charge >= 0.3 is 11.9 Å². The highest BCUT2D eigenvalue weighted by Gasteiger charge is 2.20. The van der Waals surface area contributed by atoms with E-state index >= 15 is 0 Å². The third kappa shape index (κ3) is 4.00. The van der Waals surface area contributed by atoms with E-state index in [1.165, 1.54) is 13.2 Å². The van der Waals surface area contributed by atoms with Crippen LogP contribution in [0.4, 0.5) is 0 Å². The molecule has 4 aromatic rings. The molecule has 0 N–H and O–H groups in total. The summed E-state index contributed by atoms with van der Waals surface area (Å²) in [5.74, 6) is -0.783. The van der Waals surface area contributed by atoms with Gasteiger partial charge in [-0.1, -0.05) is 48.5 Å². The molecule has 7 heteroatoms. The predicted octanol–water partition coefficient (Wildman–Crippen LogP) is 4.28. The molecule has 0 bridgehead atoms. The Balaban J connectivity index is 1.60. The van der Waals surface area contributed by atoms with E-state index in [4.69, 9.17) is 9.15 Å². The summed E-state index contributed by atoms with van der Waals surface area (Å²) in [6, 6.07) is 23.6. The van der Waals surface area contributed by atoms with Gasteiger partial charge in [-0.15, -0.1) is 0 Å². The van der Waals surface area contributed by atoms with Crippen LogP contribution >= 0.6 is 0 Å². The molecule has 0 amide bonds. The number of para-hydroxylation sites is 1. The first kappa shape index (κ1) is 19.2. The molecule has 2 aromatic carbocycles. The first-order valence-electron chi connectivity index (χ1n) is 9.21. The van der Waals surface area contributed by atoms with Gasteiger partial charge in [0.15, 0.2) is 5.69 Å². The van der Waals surface area contributed by atoms with E-state index in [0.717, 1.165) is 11.3 Å². The Kier molecular flexibility index (Phi) is 5.43. The van der Waals surface area contributed by atoms with Crippen molar-refractivity contribution >= 4 is 11.9 Å².